The van der Waals surface area contributed by atoms with Gasteiger partial charge >= 0.3 is 0 Å². The largest absolute Gasteiger partial charge is 0.339 e. The number of piperidine rings is 1. The Bertz CT molecular complexity index is 996. The van der Waals surface area contributed by atoms with Crippen molar-refractivity contribution in [2.24, 2.45) is 0 Å². The fraction of sp³-hybridized carbons (Fsp3) is 0.333. The number of sulfonamides is 1. The van der Waals surface area contributed by atoms with Crippen molar-refractivity contribution < 1.29 is 12.9 Å². The highest BCUT2D eigenvalue weighted by Gasteiger charge is 2.33. The Morgan fingerprint density at radius 2 is 2.08 bits per heavy atom. The normalized spacial score (nSPS) is 18.9. The lowest BCUT2D eigenvalue weighted by Gasteiger charge is -2.29. The van der Waals surface area contributed by atoms with Gasteiger partial charge in [-0.3, -0.25) is 0 Å². The molecule has 1 fully saturated rings. The number of hydrogen-bond donors (Lipinski definition) is 0. The summed E-state index contributed by atoms with van der Waals surface area (Å²) in [7, 11) is -3.45. The van der Waals surface area contributed by atoms with E-state index in [1.165, 1.54) is 15.6 Å². The van der Waals surface area contributed by atoms with Crippen LogP contribution in [0.5, 0.6) is 0 Å². The summed E-state index contributed by atoms with van der Waals surface area (Å²) < 4.78 is 32.9. The lowest BCUT2D eigenvalue weighted by molar-refractivity contribution is 0.266. The molecule has 1 atom stereocenters. The third-order valence-electron chi connectivity index (χ3n) is 4.65. The van der Waals surface area contributed by atoms with Gasteiger partial charge in [0.25, 0.3) is 10.0 Å². The summed E-state index contributed by atoms with van der Waals surface area (Å²) in [5, 5.41) is 5.89. The van der Waals surface area contributed by atoms with E-state index in [1.54, 1.807) is 17.5 Å². The smallest absolute Gasteiger partial charge is 0.252 e. The monoisotopic (exact) mass is 389 g/mol. The van der Waals surface area contributed by atoms with E-state index in [2.05, 4.69) is 10.1 Å². The molecule has 6 nitrogen and oxygen atoms in total. The fourth-order valence-electron chi connectivity index (χ4n) is 3.23. The second kappa shape index (κ2) is 6.94. The van der Waals surface area contributed by atoms with Gasteiger partial charge in [-0.1, -0.05) is 35.5 Å². The molecular formula is C18H19N3O3S2. The maximum Gasteiger partial charge on any atom is 0.252 e. The summed E-state index contributed by atoms with van der Waals surface area (Å²) in [4.78, 5) is 4.55. The van der Waals surface area contributed by atoms with Crippen molar-refractivity contribution in [2.45, 2.75) is 29.9 Å². The summed E-state index contributed by atoms with van der Waals surface area (Å²) in [6.45, 7) is 2.90. The highest BCUT2D eigenvalue weighted by atomic mass is 32.2. The molecule has 0 unspecified atom stereocenters. The SMILES string of the molecule is Cc1ccccc1-c1noc([C@H]2CCCN(S(=O)(=O)c3cccs3)C2)n1. The van der Waals surface area contributed by atoms with Gasteiger partial charge in [-0.15, -0.1) is 11.3 Å². The van der Waals surface area contributed by atoms with Gasteiger partial charge in [0, 0.05) is 18.7 Å². The molecule has 3 aromatic rings. The van der Waals surface area contributed by atoms with E-state index >= 15 is 0 Å². The first-order valence-corrected chi connectivity index (χ1v) is 10.8. The molecule has 0 N–H and O–H groups in total. The zero-order valence-corrected chi connectivity index (χ0v) is 16.0. The number of aryl methyl sites for hydroxylation is 1. The van der Waals surface area contributed by atoms with E-state index < -0.39 is 10.0 Å². The van der Waals surface area contributed by atoms with Crippen LogP contribution in [0.2, 0.25) is 0 Å². The summed E-state index contributed by atoms with van der Waals surface area (Å²) >= 11 is 1.24. The van der Waals surface area contributed by atoms with Crippen LogP contribution in [0.15, 0.2) is 50.5 Å². The van der Waals surface area contributed by atoms with Crippen LogP contribution in [0.4, 0.5) is 0 Å². The van der Waals surface area contributed by atoms with Gasteiger partial charge in [-0.05, 0) is 36.8 Å². The standard InChI is InChI=1S/C18H19N3O3S2/c1-13-6-2-3-8-15(13)17-19-18(24-20-17)14-7-4-10-21(12-14)26(22,23)16-9-5-11-25-16/h2-3,5-6,8-9,11,14H,4,7,10,12H2,1H3/t14-/m0/s1. The Morgan fingerprint density at radius 1 is 1.23 bits per heavy atom. The molecule has 1 saturated heterocycles. The predicted molar refractivity (Wildman–Crippen MR) is 99.5 cm³/mol. The average molecular weight is 390 g/mol. The molecule has 1 aliphatic heterocycles. The number of hydrogen-bond acceptors (Lipinski definition) is 6. The van der Waals surface area contributed by atoms with Crippen LogP contribution in [0.25, 0.3) is 11.4 Å². The second-order valence-corrected chi connectivity index (χ2v) is 9.52. The highest BCUT2D eigenvalue weighted by Crippen LogP contribution is 2.32. The van der Waals surface area contributed by atoms with Crippen LogP contribution >= 0.6 is 11.3 Å². The molecule has 2 aromatic heterocycles. The molecule has 4 rings (SSSR count). The summed E-state index contributed by atoms with van der Waals surface area (Å²) in [5.41, 5.74) is 2.01. The molecule has 0 spiro atoms. The first kappa shape index (κ1) is 17.4. The highest BCUT2D eigenvalue weighted by molar-refractivity contribution is 7.91. The third-order valence-corrected chi connectivity index (χ3v) is 7.89. The number of nitrogens with zero attached hydrogens (tertiary/aromatic N) is 3. The van der Waals surface area contributed by atoms with E-state index in [0.29, 0.717) is 29.0 Å². The molecule has 0 bridgehead atoms. The van der Waals surface area contributed by atoms with Gasteiger partial charge in [0.15, 0.2) is 0 Å². The van der Waals surface area contributed by atoms with Crippen LogP contribution in [0.3, 0.4) is 0 Å². The lowest BCUT2D eigenvalue weighted by atomic mass is 10.00. The second-order valence-electron chi connectivity index (χ2n) is 6.41. The topological polar surface area (TPSA) is 76.3 Å². The minimum absolute atomic E-state index is 0.0799. The Hall–Kier alpha value is -2.03. The Morgan fingerprint density at radius 3 is 2.85 bits per heavy atom. The maximum absolute atomic E-state index is 12.8. The van der Waals surface area contributed by atoms with Crippen LogP contribution in [-0.2, 0) is 10.0 Å². The summed E-state index contributed by atoms with van der Waals surface area (Å²) in [5.74, 6) is 0.981. The molecule has 0 amide bonds. The summed E-state index contributed by atoms with van der Waals surface area (Å²) in [6, 6.07) is 11.3. The van der Waals surface area contributed by atoms with E-state index in [9.17, 15) is 8.42 Å². The third kappa shape index (κ3) is 3.20. The van der Waals surface area contributed by atoms with Crippen LogP contribution in [0, 0.1) is 6.92 Å². The number of thiophene rings is 1. The molecule has 136 valence electrons. The Balaban J connectivity index is 1.57. The average Bonchev–Trinajstić information content (AvgIpc) is 3.35. The minimum atomic E-state index is -3.45. The van der Waals surface area contributed by atoms with Crippen molar-refractivity contribution in [1.29, 1.82) is 0 Å². The Kier molecular flexibility index (Phi) is 4.64. The van der Waals surface area contributed by atoms with E-state index in [0.717, 1.165) is 24.0 Å². The van der Waals surface area contributed by atoms with Gasteiger partial charge < -0.3 is 4.52 Å². The first-order valence-electron chi connectivity index (χ1n) is 8.49. The van der Waals surface area contributed by atoms with Crippen LogP contribution in [-0.4, -0.2) is 36.0 Å². The maximum atomic E-state index is 12.8. The van der Waals surface area contributed by atoms with Gasteiger partial charge in [-0.25, -0.2) is 8.42 Å². The minimum Gasteiger partial charge on any atom is -0.339 e. The number of benzene rings is 1. The van der Waals surface area contributed by atoms with Gasteiger partial charge in [0.1, 0.15) is 4.21 Å². The van der Waals surface area contributed by atoms with E-state index in [4.69, 9.17) is 4.52 Å². The fourth-order valence-corrected chi connectivity index (χ4v) is 5.90. The van der Waals surface area contributed by atoms with Crippen molar-refractivity contribution >= 4 is 21.4 Å². The molecule has 0 aliphatic carbocycles. The Labute approximate surface area is 156 Å². The van der Waals surface area contributed by atoms with Crippen molar-refractivity contribution in [3.63, 3.8) is 0 Å². The van der Waals surface area contributed by atoms with Crippen molar-refractivity contribution in [2.75, 3.05) is 13.1 Å². The van der Waals surface area contributed by atoms with Crippen LogP contribution in [0.1, 0.15) is 30.2 Å². The lowest BCUT2D eigenvalue weighted by Crippen LogP contribution is -2.38. The molecule has 1 aliphatic rings. The van der Waals surface area contributed by atoms with Gasteiger partial charge in [0.2, 0.25) is 11.7 Å². The molecular weight excluding hydrogens is 370 g/mol. The van der Waals surface area contributed by atoms with Crippen molar-refractivity contribution in [3.05, 3.63) is 53.2 Å². The zero-order chi connectivity index (χ0) is 18.1. The molecule has 1 aromatic carbocycles. The molecule has 8 heteroatoms. The zero-order valence-electron chi connectivity index (χ0n) is 14.3. The number of aromatic nitrogens is 2. The molecule has 0 radical (unpaired) electrons. The van der Waals surface area contributed by atoms with E-state index in [-0.39, 0.29) is 5.92 Å². The number of rotatable bonds is 4. The molecule has 0 saturated carbocycles. The predicted octanol–water partition coefficient (Wildman–Crippen LogP) is 3.67. The van der Waals surface area contributed by atoms with Crippen molar-refractivity contribution in [1.82, 2.24) is 14.4 Å². The van der Waals surface area contributed by atoms with Crippen LogP contribution < -0.4 is 0 Å². The van der Waals surface area contributed by atoms with Gasteiger partial charge in [0.05, 0.1) is 5.92 Å². The summed E-state index contributed by atoms with van der Waals surface area (Å²) in [6.07, 6.45) is 1.61. The van der Waals surface area contributed by atoms with E-state index in [1.807, 2.05) is 31.2 Å². The molecule has 3 heterocycles. The molecule has 26 heavy (non-hydrogen) atoms. The van der Waals surface area contributed by atoms with Gasteiger partial charge in [-0.2, -0.15) is 9.29 Å². The first-order chi connectivity index (χ1) is 12.6. The van der Waals surface area contributed by atoms with Crippen molar-refractivity contribution in [3.8, 4) is 11.4 Å². The quantitative estimate of drug-likeness (QED) is 0.680.